The van der Waals surface area contributed by atoms with Crippen LogP contribution in [0.1, 0.15) is 38.8 Å². The first kappa shape index (κ1) is 15.3. The molecule has 0 aromatic heterocycles. The molecule has 2 N–H and O–H groups in total. The van der Waals surface area contributed by atoms with Crippen molar-refractivity contribution in [2.75, 3.05) is 0 Å². The number of carboxylic acid groups (broad SMARTS) is 1. The van der Waals surface area contributed by atoms with Crippen molar-refractivity contribution in [2.45, 2.75) is 40.5 Å². The van der Waals surface area contributed by atoms with Gasteiger partial charge in [-0.2, -0.15) is 0 Å². The average Bonchev–Trinajstić information content (AvgIpc) is 2.22. The molecule has 1 aromatic carbocycles. The van der Waals surface area contributed by atoms with Crippen LogP contribution in [0.5, 0.6) is 11.5 Å². The van der Waals surface area contributed by atoms with Crippen LogP contribution in [0.15, 0.2) is 12.1 Å². The van der Waals surface area contributed by atoms with Crippen molar-refractivity contribution in [1.82, 2.24) is 0 Å². The van der Waals surface area contributed by atoms with Crippen LogP contribution in [0.4, 0.5) is 4.79 Å². The first-order valence-electron chi connectivity index (χ1n) is 6.55. The molecular weight excluding hydrogens is 244 g/mol. The molecule has 0 unspecified atom stereocenters. The van der Waals surface area contributed by atoms with Crippen molar-refractivity contribution in [3.05, 3.63) is 23.3 Å². The van der Waals surface area contributed by atoms with Crippen LogP contribution in [0.3, 0.4) is 0 Å². The SMILES string of the molecule is CC(C)Cc1cc(CC(C)C)c(O)c(OC(=O)O)c1. The second kappa shape index (κ2) is 6.45. The monoisotopic (exact) mass is 266 g/mol. The molecule has 4 heteroatoms. The Morgan fingerprint density at radius 3 is 2.21 bits per heavy atom. The highest BCUT2D eigenvalue weighted by molar-refractivity contribution is 5.64. The molecule has 0 bridgehead atoms. The highest BCUT2D eigenvalue weighted by atomic mass is 16.7. The van der Waals surface area contributed by atoms with Gasteiger partial charge in [-0.3, -0.25) is 0 Å². The Morgan fingerprint density at radius 2 is 1.74 bits per heavy atom. The van der Waals surface area contributed by atoms with E-state index in [1.54, 1.807) is 6.07 Å². The normalized spacial score (nSPS) is 11.1. The second-order valence-electron chi connectivity index (χ2n) is 5.67. The molecule has 0 aliphatic heterocycles. The molecule has 1 aromatic rings. The van der Waals surface area contributed by atoms with Crippen molar-refractivity contribution in [3.63, 3.8) is 0 Å². The lowest BCUT2D eigenvalue weighted by molar-refractivity contribution is 0.142. The molecule has 0 amide bonds. The topological polar surface area (TPSA) is 66.8 Å². The number of hydrogen-bond donors (Lipinski definition) is 2. The molecule has 106 valence electrons. The van der Waals surface area contributed by atoms with E-state index in [0.717, 1.165) is 17.5 Å². The number of rotatable bonds is 5. The number of ether oxygens (including phenoxy) is 1. The van der Waals surface area contributed by atoms with Crippen LogP contribution in [0.25, 0.3) is 0 Å². The Balaban J connectivity index is 3.17. The lowest BCUT2D eigenvalue weighted by atomic mass is 9.95. The lowest BCUT2D eigenvalue weighted by Gasteiger charge is -2.14. The van der Waals surface area contributed by atoms with Gasteiger partial charge in [0.2, 0.25) is 0 Å². The second-order valence-corrected chi connectivity index (χ2v) is 5.67. The molecule has 1 rings (SSSR count). The Kier molecular flexibility index (Phi) is 5.21. The van der Waals surface area contributed by atoms with Gasteiger partial charge in [-0.05, 0) is 41.9 Å². The minimum Gasteiger partial charge on any atom is -0.504 e. The number of aromatic hydroxyl groups is 1. The zero-order chi connectivity index (χ0) is 14.6. The van der Waals surface area contributed by atoms with Gasteiger partial charge >= 0.3 is 6.16 Å². The predicted octanol–water partition coefficient (Wildman–Crippen LogP) is 3.85. The van der Waals surface area contributed by atoms with Gasteiger partial charge in [-0.25, -0.2) is 4.79 Å². The van der Waals surface area contributed by atoms with Crippen LogP contribution in [0, 0.1) is 11.8 Å². The lowest BCUT2D eigenvalue weighted by Crippen LogP contribution is -2.06. The molecule has 19 heavy (non-hydrogen) atoms. The summed E-state index contributed by atoms with van der Waals surface area (Å²) in [5.41, 5.74) is 1.73. The van der Waals surface area contributed by atoms with E-state index in [0.29, 0.717) is 18.3 Å². The van der Waals surface area contributed by atoms with Crippen molar-refractivity contribution in [3.8, 4) is 11.5 Å². The fraction of sp³-hybridized carbons (Fsp3) is 0.533. The summed E-state index contributed by atoms with van der Waals surface area (Å²) < 4.78 is 4.66. The molecule has 0 aliphatic carbocycles. The van der Waals surface area contributed by atoms with Crippen LogP contribution < -0.4 is 4.74 Å². The zero-order valence-corrected chi connectivity index (χ0v) is 11.9. The van der Waals surface area contributed by atoms with E-state index in [-0.39, 0.29) is 11.5 Å². The summed E-state index contributed by atoms with van der Waals surface area (Å²) in [5.74, 6) is 0.789. The predicted molar refractivity (Wildman–Crippen MR) is 73.8 cm³/mol. The Hall–Kier alpha value is -1.71. The maximum atomic E-state index is 10.7. The molecule has 0 radical (unpaired) electrons. The van der Waals surface area contributed by atoms with Crippen molar-refractivity contribution in [1.29, 1.82) is 0 Å². The van der Waals surface area contributed by atoms with Gasteiger partial charge in [-0.1, -0.05) is 33.8 Å². The number of phenols is 1. The number of carbonyl (C=O) groups is 1. The molecule has 0 fully saturated rings. The van der Waals surface area contributed by atoms with Crippen LogP contribution in [-0.2, 0) is 12.8 Å². The van der Waals surface area contributed by atoms with Gasteiger partial charge < -0.3 is 14.9 Å². The first-order valence-corrected chi connectivity index (χ1v) is 6.55. The van der Waals surface area contributed by atoms with E-state index in [1.807, 2.05) is 19.9 Å². The van der Waals surface area contributed by atoms with E-state index < -0.39 is 6.16 Å². The van der Waals surface area contributed by atoms with Gasteiger partial charge in [0.25, 0.3) is 0 Å². The summed E-state index contributed by atoms with van der Waals surface area (Å²) in [4.78, 5) is 10.7. The largest absolute Gasteiger partial charge is 0.511 e. The van der Waals surface area contributed by atoms with Crippen molar-refractivity contribution >= 4 is 6.16 Å². The van der Waals surface area contributed by atoms with Crippen molar-refractivity contribution in [2.24, 2.45) is 11.8 Å². The zero-order valence-electron chi connectivity index (χ0n) is 11.9. The van der Waals surface area contributed by atoms with Crippen LogP contribution in [-0.4, -0.2) is 16.4 Å². The van der Waals surface area contributed by atoms with E-state index in [2.05, 4.69) is 18.6 Å². The average molecular weight is 266 g/mol. The number of hydrogen-bond acceptors (Lipinski definition) is 3. The third kappa shape index (κ3) is 4.81. The maximum absolute atomic E-state index is 10.7. The molecular formula is C15H22O4. The third-order valence-electron chi connectivity index (χ3n) is 2.68. The number of phenolic OH excluding ortho intramolecular Hbond substituents is 1. The van der Waals surface area contributed by atoms with Gasteiger partial charge in [0.05, 0.1) is 0 Å². The van der Waals surface area contributed by atoms with E-state index in [9.17, 15) is 9.90 Å². The van der Waals surface area contributed by atoms with Crippen molar-refractivity contribution < 1.29 is 19.7 Å². The molecule has 4 nitrogen and oxygen atoms in total. The summed E-state index contributed by atoms with van der Waals surface area (Å²) >= 11 is 0. The summed E-state index contributed by atoms with van der Waals surface area (Å²) in [6.45, 7) is 8.28. The van der Waals surface area contributed by atoms with Gasteiger partial charge in [0.15, 0.2) is 11.5 Å². The molecule has 0 heterocycles. The summed E-state index contributed by atoms with van der Waals surface area (Å²) in [5, 5.41) is 18.8. The van der Waals surface area contributed by atoms with E-state index in [4.69, 9.17) is 5.11 Å². The Labute approximate surface area is 114 Å². The maximum Gasteiger partial charge on any atom is 0.511 e. The first-order chi connectivity index (χ1) is 8.79. The standard InChI is InChI=1S/C15H22O4/c1-9(2)5-11-7-12(6-10(3)4)14(16)13(8-11)19-15(17)18/h7-10,16H,5-6H2,1-4H3,(H,17,18). The number of benzene rings is 1. The quantitative estimate of drug-likeness (QED) is 0.627. The van der Waals surface area contributed by atoms with E-state index in [1.165, 1.54) is 0 Å². The third-order valence-corrected chi connectivity index (χ3v) is 2.68. The van der Waals surface area contributed by atoms with Gasteiger partial charge in [0, 0.05) is 0 Å². The fourth-order valence-corrected chi connectivity index (χ4v) is 2.09. The van der Waals surface area contributed by atoms with Crippen LogP contribution >= 0.6 is 0 Å². The van der Waals surface area contributed by atoms with E-state index >= 15 is 0 Å². The summed E-state index contributed by atoms with van der Waals surface area (Å²) in [7, 11) is 0. The summed E-state index contributed by atoms with van der Waals surface area (Å²) in [6, 6.07) is 3.54. The fourth-order valence-electron chi connectivity index (χ4n) is 2.09. The minimum atomic E-state index is -1.41. The van der Waals surface area contributed by atoms with Gasteiger partial charge in [-0.15, -0.1) is 0 Å². The smallest absolute Gasteiger partial charge is 0.504 e. The molecule has 0 spiro atoms. The molecule has 0 saturated heterocycles. The van der Waals surface area contributed by atoms with Gasteiger partial charge in [0.1, 0.15) is 0 Å². The minimum absolute atomic E-state index is 0.0290. The molecule has 0 atom stereocenters. The molecule has 0 saturated carbocycles. The Morgan fingerprint density at radius 1 is 1.16 bits per heavy atom. The Bertz CT molecular complexity index is 450. The highest BCUT2D eigenvalue weighted by Gasteiger charge is 2.15. The van der Waals surface area contributed by atoms with Crippen LogP contribution in [0.2, 0.25) is 0 Å². The molecule has 0 aliphatic rings. The summed E-state index contributed by atoms with van der Waals surface area (Å²) in [6.07, 6.45) is 0.0993. The highest BCUT2D eigenvalue weighted by Crippen LogP contribution is 2.34.